The molecule has 21 heavy (non-hydrogen) atoms. The molecule has 0 bridgehead atoms. The van der Waals surface area contributed by atoms with Crippen LogP contribution < -0.4 is 0 Å². The van der Waals surface area contributed by atoms with Crippen LogP contribution in [0.4, 0.5) is 0 Å². The standard InChI is InChI=1S/C18H26O3/c1-4-20-17-12-16-15(14-9-7-13(2)8-10-14)6-5-11-18(16,19-3)21-17/h7-10,15-17H,4-6,11-12H2,1-3H3. The molecule has 1 aliphatic heterocycles. The van der Waals surface area contributed by atoms with Gasteiger partial charge in [0.15, 0.2) is 12.1 Å². The number of hydrogen-bond acceptors (Lipinski definition) is 3. The highest BCUT2D eigenvalue weighted by atomic mass is 16.8. The molecule has 1 saturated heterocycles. The van der Waals surface area contributed by atoms with Crippen molar-refractivity contribution in [2.24, 2.45) is 5.92 Å². The van der Waals surface area contributed by atoms with Crippen molar-refractivity contribution in [1.82, 2.24) is 0 Å². The van der Waals surface area contributed by atoms with Crippen molar-refractivity contribution < 1.29 is 14.2 Å². The van der Waals surface area contributed by atoms with E-state index in [4.69, 9.17) is 14.2 Å². The Morgan fingerprint density at radius 1 is 1.29 bits per heavy atom. The van der Waals surface area contributed by atoms with Crippen molar-refractivity contribution in [2.75, 3.05) is 13.7 Å². The minimum Gasteiger partial charge on any atom is -0.353 e. The molecule has 1 aromatic rings. The lowest BCUT2D eigenvalue weighted by atomic mass is 9.71. The lowest BCUT2D eigenvalue weighted by molar-refractivity contribution is -0.282. The molecule has 0 amide bonds. The van der Waals surface area contributed by atoms with E-state index in [1.807, 2.05) is 6.92 Å². The largest absolute Gasteiger partial charge is 0.353 e. The molecule has 1 aromatic carbocycles. The normalized spacial score (nSPS) is 35.7. The summed E-state index contributed by atoms with van der Waals surface area (Å²) >= 11 is 0. The number of aryl methyl sites for hydroxylation is 1. The predicted octanol–water partition coefficient (Wildman–Crippen LogP) is 4.00. The molecular weight excluding hydrogens is 264 g/mol. The lowest BCUT2D eigenvalue weighted by Gasteiger charge is -2.41. The van der Waals surface area contributed by atoms with Crippen LogP contribution in [0.2, 0.25) is 0 Å². The summed E-state index contributed by atoms with van der Waals surface area (Å²) in [7, 11) is 1.78. The quantitative estimate of drug-likeness (QED) is 0.838. The summed E-state index contributed by atoms with van der Waals surface area (Å²) in [5, 5.41) is 0. The van der Waals surface area contributed by atoms with Crippen LogP contribution in [-0.4, -0.2) is 25.8 Å². The van der Waals surface area contributed by atoms with E-state index in [-0.39, 0.29) is 6.29 Å². The fraction of sp³-hybridized carbons (Fsp3) is 0.667. The highest BCUT2D eigenvalue weighted by Crippen LogP contribution is 2.53. The third-order valence-corrected chi connectivity index (χ3v) is 5.07. The molecule has 3 rings (SSSR count). The van der Waals surface area contributed by atoms with Gasteiger partial charge in [-0.25, -0.2) is 0 Å². The summed E-state index contributed by atoms with van der Waals surface area (Å²) < 4.78 is 17.7. The van der Waals surface area contributed by atoms with Gasteiger partial charge < -0.3 is 14.2 Å². The average Bonchev–Trinajstić information content (AvgIpc) is 2.87. The van der Waals surface area contributed by atoms with Gasteiger partial charge >= 0.3 is 0 Å². The number of hydrogen-bond donors (Lipinski definition) is 0. The zero-order valence-corrected chi connectivity index (χ0v) is 13.3. The van der Waals surface area contributed by atoms with E-state index in [9.17, 15) is 0 Å². The third kappa shape index (κ3) is 2.75. The minimum atomic E-state index is -0.451. The molecule has 3 heteroatoms. The zero-order chi connectivity index (χ0) is 14.9. The maximum atomic E-state index is 6.17. The molecule has 2 fully saturated rings. The van der Waals surface area contributed by atoms with Crippen LogP contribution >= 0.6 is 0 Å². The second-order valence-electron chi connectivity index (χ2n) is 6.27. The Kier molecular flexibility index (Phi) is 4.34. The Morgan fingerprint density at radius 3 is 2.71 bits per heavy atom. The van der Waals surface area contributed by atoms with E-state index in [0.717, 1.165) is 19.3 Å². The average molecular weight is 290 g/mol. The van der Waals surface area contributed by atoms with E-state index in [0.29, 0.717) is 18.4 Å². The summed E-state index contributed by atoms with van der Waals surface area (Å²) in [5.74, 6) is 0.438. The monoisotopic (exact) mass is 290 g/mol. The molecule has 0 spiro atoms. The number of rotatable bonds is 4. The van der Waals surface area contributed by atoms with Gasteiger partial charge in [0, 0.05) is 32.5 Å². The van der Waals surface area contributed by atoms with E-state index < -0.39 is 5.79 Å². The predicted molar refractivity (Wildman–Crippen MR) is 82.1 cm³/mol. The number of ether oxygens (including phenoxy) is 3. The van der Waals surface area contributed by atoms with Crippen LogP contribution in [0.5, 0.6) is 0 Å². The highest BCUT2D eigenvalue weighted by Gasteiger charge is 2.54. The fourth-order valence-electron chi connectivity index (χ4n) is 4.03. The van der Waals surface area contributed by atoms with Crippen LogP contribution in [0.3, 0.4) is 0 Å². The highest BCUT2D eigenvalue weighted by molar-refractivity contribution is 5.26. The van der Waals surface area contributed by atoms with Gasteiger partial charge in [0.2, 0.25) is 0 Å². The van der Waals surface area contributed by atoms with Crippen molar-refractivity contribution in [3.05, 3.63) is 35.4 Å². The molecule has 116 valence electrons. The molecule has 2 aliphatic rings. The first-order valence-electron chi connectivity index (χ1n) is 8.09. The maximum absolute atomic E-state index is 6.17. The van der Waals surface area contributed by atoms with Crippen molar-refractivity contribution in [2.45, 2.75) is 57.5 Å². The molecule has 1 saturated carbocycles. The van der Waals surface area contributed by atoms with Crippen molar-refractivity contribution >= 4 is 0 Å². The number of fused-ring (bicyclic) bond motifs is 1. The first-order valence-corrected chi connectivity index (χ1v) is 8.09. The van der Waals surface area contributed by atoms with Gasteiger partial charge in [-0.2, -0.15) is 0 Å². The summed E-state index contributed by atoms with van der Waals surface area (Å²) in [5.41, 5.74) is 2.72. The molecule has 3 nitrogen and oxygen atoms in total. The van der Waals surface area contributed by atoms with Crippen molar-refractivity contribution in [3.63, 3.8) is 0 Å². The summed E-state index contributed by atoms with van der Waals surface area (Å²) in [4.78, 5) is 0. The van der Waals surface area contributed by atoms with E-state index in [1.165, 1.54) is 17.5 Å². The Labute approximate surface area is 127 Å². The number of benzene rings is 1. The van der Waals surface area contributed by atoms with E-state index >= 15 is 0 Å². The molecule has 0 N–H and O–H groups in total. The van der Waals surface area contributed by atoms with Gasteiger partial charge in [0.1, 0.15) is 0 Å². The second kappa shape index (κ2) is 6.07. The SMILES string of the molecule is CCOC1CC2C(c3ccc(C)cc3)CCCC2(OC)O1. The Balaban J connectivity index is 1.86. The molecule has 4 unspecified atom stereocenters. The Morgan fingerprint density at radius 2 is 2.05 bits per heavy atom. The van der Waals surface area contributed by atoms with Crippen LogP contribution in [0.15, 0.2) is 24.3 Å². The fourth-order valence-corrected chi connectivity index (χ4v) is 4.03. The van der Waals surface area contributed by atoms with Crippen LogP contribution in [0.25, 0.3) is 0 Å². The molecular formula is C18H26O3. The molecule has 4 atom stereocenters. The van der Waals surface area contributed by atoms with Crippen LogP contribution in [0, 0.1) is 12.8 Å². The minimum absolute atomic E-state index is 0.119. The lowest BCUT2D eigenvalue weighted by Crippen LogP contribution is -2.43. The molecule has 1 aliphatic carbocycles. The van der Waals surface area contributed by atoms with Gasteiger partial charge in [-0.15, -0.1) is 0 Å². The first kappa shape index (κ1) is 15.0. The van der Waals surface area contributed by atoms with Gasteiger partial charge in [-0.05, 0) is 38.2 Å². The zero-order valence-electron chi connectivity index (χ0n) is 13.3. The summed E-state index contributed by atoms with van der Waals surface area (Å²) in [6, 6.07) is 8.93. The maximum Gasteiger partial charge on any atom is 0.174 e. The van der Waals surface area contributed by atoms with E-state index in [2.05, 4.69) is 31.2 Å². The van der Waals surface area contributed by atoms with Gasteiger partial charge in [0.05, 0.1) is 0 Å². The Hall–Kier alpha value is -0.900. The van der Waals surface area contributed by atoms with Crippen LogP contribution in [-0.2, 0) is 14.2 Å². The Bertz CT molecular complexity index is 470. The topological polar surface area (TPSA) is 27.7 Å². The van der Waals surface area contributed by atoms with Crippen molar-refractivity contribution in [3.8, 4) is 0 Å². The third-order valence-electron chi connectivity index (χ3n) is 5.07. The van der Waals surface area contributed by atoms with Crippen molar-refractivity contribution in [1.29, 1.82) is 0 Å². The smallest absolute Gasteiger partial charge is 0.174 e. The number of methoxy groups -OCH3 is 1. The van der Waals surface area contributed by atoms with Gasteiger partial charge in [-0.3, -0.25) is 0 Å². The summed E-state index contributed by atoms with van der Waals surface area (Å²) in [6.07, 6.45) is 4.13. The van der Waals surface area contributed by atoms with Crippen LogP contribution in [0.1, 0.15) is 49.7 Å². The second-order valence-corrected chi connectivity index (χ2v) is 6.27. The van der Waals surface area contributed by atoms with Gasteiger partial charge in [0.25, 0.3) is 0 Å². The molecule has 0 aromatic heterocycles. The summed E-state index contributed by atoms with van der Waals surface area (Å²) in [6.45, 7) is 4.84. The van der Waals surface area contributed by atoms with E-state index in [1.54, 1.807) is 7.11 Å². The van der Waals surface area contributed by atoms with Gasteiger partial charge in [-0.1, -0.05) is 29.8 Å². The molecule has 1 heterocycles. The first-order chi connectivity index (χ1) is 10.2. The molecule has 0 radical (unpaired) electrons.